The first-order valence-corrected chi connectivity index (χ1v) is 16.0. The van der Waals surface area contributed by atoms with Crippen molar-refractivity contribution in [1.82, 2.24) is 25.6 Å². The highest BCUT2D eigenvalue weighted by Gasteiger charge is 2.22. The highest BCUT2D eigenvalue weighted by atomic mass is 35.5. The second kappa shape index (κ2) is 17.4. The lowest BCUT2D eigenvalue weighted by Gasteiger charge is -2.28. The summed E-state index contributed by atoms with van der Waals surface area (Å²) in [6.45, 7) is 12.3. The number of H-pyrrole nitrogens is 1. The number of amides is 3. The van der Waals surface area contributed by atoms with Gasteiger partial charge in [-0.3, -0.25) is 19.9 Å². The third-order valence-corrected chi connectivity index (χ3v) is 8.10. The molecule has 0 aliphatic rings. The first-order valence-electron chi connectivity index (χ1n) is 14.8. The zero-order chi connectivity index (χ0) is 33.7. The first-order chi connectivity index (χ1) is 21.9. The Morgan fingerprint density at radius 2 is 1.93 bits per heavy atom. The van der Waals surface area contributed by atoms with Crippen LogP contribution in [0.2, 0.25) is 5.15 Å². The van der Waals surface area contributed by atoms with E-state index in [0.29, 0.717) is 53.9 Å². The van der Waals surface area contributed by atoms with E-state index in [2.05, 4.69) is 59.9 Å². The summed E-state index contributed by atoms with van der Waals surface area (Å²) in [7, 11) is 0. The third kappa shape index (κ3) is 12.2. The number of hydrogen-bond donors (Lipinski definition) is 4. The van der Waals surface area contributed by atoms with Crippen LogP contribution >= 0.6 is 22.9 Å². The first kappa shape index (κ1) is 36.1. The molecule has 3 rings (SSSR count). The van der Waals surface area contributed by atoms with Crippen molar-refractivity contribution >= 4 is 63.8 Å². The predicted molar refractivity (Wildman–Crippen MR) is 179 cm³/mol. The lowest BCUT2D eigenvalue weighted by atomic mass is 9.80. The molecule has 1 aromatic carbocycles. The van der Waals surface area contributed by atoms with E-state index in [9.17, 15) is 19.2 Å². The number of aldehydes is 1. The number of nitrogens with one attached hydrogen (secondary N) is 4. The predicted octanol–water partition coefficient (Wildman–Crippen LogP) is 6.23. The van der Waals surface area contributed by atoms with Gasteiger partial charge in [-0.2, -0.15) is 0 Å². The van der Waals surface area contributed by atoms with Crippen LogP contribution in [-0.4, -0.2) is 66.1 Å². The van der Waals surface area contributed by atoms with Crippen molar-refractivity contribution in [3.8, 4) is 0 Å². The molecule has 2 aromatic heterocycles. The van der Waals surface area contributed by atoms with Gasteiger partial charge in [-0.25, -0.2) is 19.6 Å². The molecule has 0 radical (unpaired) electrons. The molecule has 248 valence electrons. The molecule has 0 saturated heterocycles. The number of alkyl carbamates (subject to hydrolysis) is 1. The Hall–Kier alpha value is -4.37. The number of rotatable bonds is 16. The van der Waals surface area contributed by atoms with E-state index in [4.69, 9.17) is 16.3 Å². The number of halogens is 1. The number of urea groups is 1. The van der Waals surface area contributed by atoms with Crippen LogP contribution in [0.3, 0.4) is 0 Å². The van der Waals surface area contributed by atoms with Crippen LogP contribution in [-0.2, 0) is 4.74 Å². The smallest absolute Gasteiger partial charge is 0.407 e. The van der Waals surface area contributed by atoms with Crippen molar-refractivity contribution in [2.75, 3.05) is 43.0 Å². The van der Waals surface area contributed by atoms with Gasteiger partial charge in [-0.1, -0.05) is 43.7 Å². The van der Waals surface area contributed by atoms with Gasteiger partial charge < -0.3 is 20.3 Å². The highest BCUT2D eigenvalue weighted by Crippen LogP contribution is 2.30. The molecule has 4 N–H and O–H groups in total. The summed E-state index contributed by atoms with van der Waals surface area (Å²) in [6, 6.07) is 8.32. The summed E-state index contributed by atoms with van der Waals surface area (Å²) in [6.07, 6.45) is 1.70. The van der Waals surface area contributed by atoms with Crippen LogP contribution in [0.1, 0.15) is 55.9 Å². The monoisotopic (exact) mass is 673 g/mol. The van der Waals surface area contributed by atoms with Crippen molar-refractivity contribution in [3.05, 3.63) is 56.4 Å². The molecule has 0 aliphatic carbocycles. The van der Waals surface area contributed by atoms with Crippen LogP contribution in [0, 0.1) is 18.3 Å². The minimum atomic E-state index is -0.475. The number of nitrogens with zero attached hydrogens (tertiary/aromatic N) is 5. The second-order valence-electron chi connectivity index (χ2n) is 11.4. The molecule has 46 heavy (non-hydrogen) atoms. The molecule has 0 aliphatic heterocycles. The molecule has 0 saturated carbocycles. The average molecular weight is 674 g/mol. The van der Waals surface area contributed by atoms with E-state index < -0.39 is 12.1 Å². The number of likely N-dealkylation sites (N-methyl/N-ethyl adjacent to an activating group) is 1. The molecule has 2 heterocycles. The summed E-state index contributed by atoms with van der Waals surface area (Å²) in [4.78, 5) is 59.9. The van der Waals surface area contributed by atoms with E-state index in [1.165, 1.54) is 6.07 Å². The maximum absolute atomic E-state index is 12.3. The number of aromatic amines is 1. The van der Waals surface area contributed by atoms with E-state index in [-0.39, 0.29) is 34.6 Å². The fourth-order valence-electron chi connectivity index (χ4n) is 4.70. The van der Waals surface area contributed by atoms with E-state index in [1.807, 2.05) is 38.1 Å². The average Bonchev–Trinajstić information content (AvgIpc) is 3.36. The minimum Gasteiger partial charge on any atom is -0.448 e. The van der Waals surface area contributed by atoms with Gasteiger partial charge in [0.15, 0.2) is 11.4 Å². The number of hydrogen-bond acceptors (Lipinski definition) is 11. The molecule has 1 unspecified atom stereocenters. The van der Waals surface area contributed by atoms with Crippen LogP contribution in [0.25, 0.3) is 0 Å². The van der Waals surface area contributed by atoms with Gasteiger partial charge in [0.05, 0.1) is 12.2 Å². The van der Waals surface area contributed by atoms with Crippen LogP contribution < -0.4 is 26.4 Å². The Bertz CT molecular complexity index is 1560. The van der Waals surface area contributed by atoms with Crippen LogP contribution in [0.4, 0.5) is 32.0 Å². The second-order valence-corrected chi connectivity index (χ2v) is 12.8. The zero-order valence-corrected chi connectivity index (χ0v) is 28.1. The van der Waals surface area contributed by atoms with Crippen molar-refractivity contribution in [2.24, 2.45) is 21.6 Å². The van der Waals surface area contributed by atoms with Gasteiger partial charge >= 0.3 is 12.1 Å². The maximum Gasteiger partial charge on any atom is 0.407 e. The summed E-state index contributed by atoms with van der Waals surface area (Å²) in [5, 5.41) is 16.8. The molecule has 0 fully saturated rings. The van der Waals surface area contributed by atoms with Crippen molar-refractivity contribution in [3.63, 3.8) is 0 Å². The number of benzene rings is 1. The largest absolute Gasteiger partial charge is 0.448 e. The minimum absolute atomic E-state index is 0.0925. The Balaban J connectivity index is 1.33. The van der Waals surface area contributed by atoms with Gasteiger partial charge in [0.1, 0.15) is 11.5 Å². The van der Waals surface area contributed by atoms with Crippen molar-refractivity contribution in [2.45, 2.75) is 47.5 Å². The number of carbonyl (C=O) groups is 3. The fourth-order valence-corrected chi connectivity index (χ4v) is 5.58. The lowest BCUT2D eigenvalue weighted by Crippen LogP contribution is -2.35. The Labute approximate surface area is 276 Å². The third-order valence-electron chi connectivity index (χ3n) is 6.83. The fraction of sp³-hybridized carbons (Fsp3) is 0.467. The number of anilines is 2. The normalized spacial score (nSPS) is 12.0. The van der Waals surface area contributed by atoms with Gasteiger partial charge in [-0.05, 0) is 62.3 Å². The summed E-state index contributed by atoms with van der Waals surface area (Å²) in [5.74, 6) is 0.267. The summed E-state index contributed by atoms with van der Waals surface area (Å²) in [5.41, 5.74) is 1.63. The van der Waals surface area contributed by atoms with Crippen molar-refractivity contribution < 1.29 is 19.1 Å². The molecule has 0 bridgehead atoms. The standard InChI is InChI=1S/C30H40ClN9O5S/c1-6-40(22-9-7-21(8-10-22)38-39-28-36-25(31)23(18-41)46-28)13-14-45-29(44)32-12-11-30(4,5)16-19(2)17-33-27(43)37-26-34-20(3)15-24(42)35-26/h7-10,15,18-19H,6,11-14,16-17H2,1-5H3,(H,32,44)(H3,33,34,35,37,42,43). The molecule has 3 aromatic rings. The Morgan fingerprint density at radius 1 is 1.20 bits per heavy atom. The van der Waals surface area contributed by atoms with Gasteiger partial charge in [0.25, 0.3) is 5.56 Å². The van der Waals surface area contributed by atoms with Gasteiger partial charge in [0.2, 0.25) is 11.1 Å². The molecule has 0 spiro atoms. The van der Waals surface area contributed by atoms with Crippen LogP contribution in [0.5, 0.6) is 0 Å². The Morgan fingerprint density at radius 3 is 2.59 bits per heavy atom. The number of azo groups is 1. The van der Waals surface area contributed by atoms with E-state index in [1.54, 1.807) is 6.92 Å². The van der Waals surface area contributed by atoms with Gasteiger partial charge in [0, 0.05) is 37.1 Å². The molecular weight excluding hydrogens is 634 g/mol. The number of carbonyl (C=O) groups excluding carboxylic acids is 3. The molecular formula is C30H40ClN9O5S. The number of ether oxygens (including phenoxy) is 1. The van der Waals surface area contributed by atoms with Crippen molar-refractivity contribution in [1.29, 1.82) is 0 Å². The van der Waals surface area contributed by atoms with Crippen LogP contribution in [0.15, 0.2) is 45.4 Å². The number of thiazole rings is 1. The van der Waals surface area contributed by atoms with E-state index >= 15 is 0 Å². The lowest BCUT2D eigenvalue weighted by molar-refractivity contribution is 0.112. The SMILES string of the molecule is CCN(CCOC(=O)NCCC(C)(C)CC(C)CNC(=O)Nc1nc(C)cc(=O)[nH]1)c1ccc(N=Nc2nc(Cl)c(C=O)s2)cc1. The molecule has 14 nitrogen and oxygen atoms in total. The number of aryl methyl sites for hydroxylation is 1. The molecule has 1 atom stereocenters. The molecule has 16 heteroatoms. The van der Waals surface area contributed by atoms with Gasteiger partial charge in [-0.15, -0.1) is 10.2 Å². The van der Waals surface area contributed by atoms with E-state index in [0.717, 1.165) is 29.9 Å². The zero-order valence-electron chi connectivity index (χ0n) is 26.6. The topological polar surface area (TPSA) is 183 Å². The highest BCUT2D eigenvalue weighted by molar-refractivity contribution is 7.17. The number of aromatic nitrogens is 3. The summed E-state index contributed by atoms with van der Waals surface area (Å²) >= 11 is 6.93. The molecule has 3 amide bonds. The maximum atomic E-state index is 12.3. The quantitative estimate of drug-likeness (QED) is 0.102. The summed E-state index contributed by atoms with van der Waals surface area (Å²) < 4.78 is 5.40. The Kier molecular flexibility index (Phi) is 13.6.